The first-order chi connectivity index (χ1) is 5.65. The number of nitriles is 1. The molecular formula is C6H4BN3O2. The fraction of sp³-hybridized carbons (Fsp3) is 0. The van der Waals surface area contributed by atoms with Crippen LogP contribution in [0.2, 0.25) is 0 Å². The van der Waals surface area contributed by atoms with E-state index in [0.717, 1.165) is 0 Å². The van der Waals surface area contributed by atoms with Gasteiger partial charge in [-0.3, -0.25) is 10.1 Å². The molecule has 5 nitrogen and oxygen atoms in total. The summed E-state index contributed by atoms with van der Waals surface area (Å²) in [4.78, 5) is 13.3. The van der Waals surface area contributed by atoms with Crippen molar-refractivity contribution in [1.29, 1.82) is 5.26 Å². The Morgan fingerprint density at radius 3 is 2.92 bits per heavy atom. The van der Waals surface area contributed by atoms with Crippen molar-refractivity contribution in [3.8, 4) is 6.07 Å². The van der Waals surface area contributed by atoms with E-state index in [0.29, 0.717) is 5.46 Å². The van der Waals surface area contributed by atoms with E-state index >= 15 is 0 Å². The normalized spacial score (nSPS) is 8.92. The Balaban J connectivity index is 3.34. The van der Waals surface area contributed by atoms with E-state index in [1.165, 1.54) is 12.3 Å². The molecule has 0 aliphatic rings. The maximum Gasteiger partial charge on any atom is 0.305 e. The minimum atomic E-state index is -0.613. The molecule has 1 aromatic heterocycles. The van der Waals surface area contributed by atoms with Crippen LogP contribution in [0.5, 0.6) is 0 Å². The minimum Gasteiger partial charge on any atom is -0.258 e. The molecule has 58 valence electrons. The lowest BCUT2D eigenvalue weighted by molar-refractivity contribution is -0.385. The second kappa shape index (κ2) is 3.01. The first kappa shape index (κ1) is 8.20. The lowest BCUT2D eigenvalue weighted by atomic mass is 9.98. The highest BCUT2D eigenvalue weighted by atomic mass is 16.6. The Kier molecular flexibility index (Phi) is 2.06. The predicted octanol–water partition coefficient (Wildman–Crippen LogP) is -0.880. The second-order valence-electron chi connectivity index (χ2n) is 2.25. The lowest BCUT2D eigenvalue weighted by Gasteiger charge is -1.94. The van der Waals surface area contributed by atoms with Crippen LogP contribution >= 0.6 is 0 Å². The van der Waals surface area contributed by atoms with Crippen LogP contribution in [0.1, 0.15) is 5.69 Å². The number of nitro groups is 1. The SMILES string of the molecule is Bc1cnc(C#N)c([N+](=O)[O-])c1. The average Bonchev–Trinajstić information content (AvgIpc) is 2.04. The molecular weight excluding hydrogens is 157 g/mol. The predicted molar refractivity (Wildman–Crippen MR) is 43.8 cm³/mol. The third-order valence-electron chi connectivity index (χ3n) is 1.31. The molecule has 0 aliphatic heterocycles. The number of pyridine rings is 1. The lowest BCUT2D eigenvalue weighted by Crippen LogP contribution is -2.07. The van der Waals surface area contributed by atoms with Gasteiger partial charge in [-0.1, -0.05) is 5.46 Å². The smallest absolute Gasteiger partial charge is 0.258 e. The molecule has 0 aliphatic carbocycles. The van der Waals surface area contributed by atoms with Gasteiger partial charge in [-0.05, 0) is 0 Å². The van der Waals surface area contributed by atoms with Gasteiger partial charge in [0, 0.05) is 12.3 Å². The van der Waals surface area contributed by atoms with Crippen molar-refractivity contribution in [2.75, 3.05) is 0 Å². The van der Waals surface area contributed by atoms with E-state index in [2.05, 4.69) is 4.98 Å². The summed E-state index contributed by atoms with van der Waals surface area (Å²) in [5, 5.41) is 18.8. The van der Waals surface area contributed by atoms with Gasteiger partial charge < -0.3 is 0 Å². The topological polar surface area (TPSA) is 79.8 Å². The molecule has 0 unspecified atom stereocenters. The van der Waals surface area contributed by atoms with Gasteiger partial charge in [0.25, 0.3) is 0 Å². The summed E-state index contributed by atoms with van der Waals surface area (Å²) in [5.74, 6) is 0. The van der Waals surface area contributed by atoms with E-state index in [-0.39, 0.29) is 11.4 Å². The van der Waals surface area contributed by atoms with E-state index < -0.39 is 4.92 Å². The molecule has 0 bridgehead atoms. The Morgan fingerprint density at radius 1 is 1.75 bits per heavy atom. The van der Waals surface area contributed by atoms with Gasteiger partial charge in [-0.15, -0.1) is 0 Å². The molecule has 6 heteroatoms. The zero-order chi connectivity index (χ0) is 9.14. The number of hydrogen-bond donors (Lipinski definition) is 0. The summed E-state index contributed by atoms with van der Waals surface area (Å²) in [7, 11) is 1.68. The Bertz CT molecular complexity index is 372. The molecule has 1 rings (SSSR count). The molecule has 1 aromatic rings. The molecule has 0 fully saturated rings. The van der Waals surface area contributed by atoms with Crippen LogP contribution in [0.3, 0.4) is 0 Å². The summed E-state index contributed by atoms with van der Waals surface area (Å²) in [5.41, 5.74) is 0.281. The molecule has 0 N–H and O–H groups in total. The van der Waals surface area contributed by atoms with Crippen molar-refractivity contribution in [3.05, 3.63) is 28.1 Å². The number of aromatic nitrogens is 1. The van der Waals surface area contributed by atoms with Gasteiger partial charge in [-0.2, -0.15) is 5.26 Å². The first-order valence-corrected chi connectivity index (χ1v) is 3.16. The van der Waals surface area contributed by atoms with Crippen molar-refractivity contribution >= 4 is 19.0 Å². The third-order valence-corrected chi connectivity index (χ3v) is 1.31. The maximum atomic E-state index is 10.3. The molecule has 0 amide bonds. The van der Waals surface area contributed by atoms with Gasteiger partial charge in [0.15, 0.2) is 0 Å². The van der Waals surface area contributed by atoms with Crippen LogP contribution in [0.4, 0.5) is 5.69 Å². The van der Waals surface area contributed by atoms with Gasteiger partial charge in [0.1, 0.15) is 13.9 Å². The van der Waals surface area contributed by atoms with E-state index in [4.69, 9.17) is 5.26 Å². The molecule has 1 heterocycles. The van der Waals surface area contributed by atoms with Crippen molar-refractivity contribution in [1.82, 2.24) is 4.98 Å². The molecule has 0 spiro atoms. The van der Waals surface area contributed by atoms with Gasteiger partial charge in [0.2, 0.25) is 5.69 Å². The summed E-state index contributed by atoms with van der Waals surface area (Å²) in [6, 6.07) is 2.98. The first-order valence-electron chi connectivity index (χ1n) is 3.16. The highest BCUT2D eigenvalue weighted by Gasteiger charge is 2.13. The Morgan fingerprint density at radius 2 is 2.42 bits per heavy atom. The molecule has 0 saturated heterocycles. The molecule has 12 heavy (non-hydrogen) atoms. The second-order valence-corrected chi connectivity index (χ2v) is 2.25. The highest BCUT2D eigenvalue weighted by molar-refractivity contribution is 6.32. The van der Waals surface area contributed by atoms with Crippen LogP contribution < -0.4 is 5.46 Å². The zero-order valence-corrected chi connectivity index (χ0v) is 6.31. The monoisotopic (exact) mass is 161 g/mol. The van der Waals surface area contributed by atoms with Gasteiger partial charge in [-0.25, -0.2) is 4.98 Å². The molecule has 0 radical (unpaired) electrons. The number of rotatable bonds is 1. The van der Waals surface area contributed by atoms with Crippen molar-refractivity contribution < 1.29 is 4.92 Å². The average molecular weight is 161 g/mol. The summed E-state index contributed by atoms with van der Waals surface area (Å²) >= 11 is 0. The van der Waals surface area contributed by atoms with Crippen LogP contribution in [-0.2, 0) is 0 Å². The largest absolute Gasteiger partial charge is 0.305 e. The third kappa shape index (κ3) is 1.40. The number of hydrogen-bond acceptors (Lipinski definition) is 4. The summed E-state index contributed by atoms with van der Waals surface area (Å²) < 4.78 is 0. The van der Waals surface area contributed by atoms with Crippen LogP contribution in [-0.4, -0.2) is 17.8 Å². The van der Waals surface area contributed by atoms with Crippen LogP contribution in [0.25, 0.3) is 0 Å². The molecule has 0 saturated carbocycles. The maximum absolute atomic E-state index is 10.3. The van der Waals surface area contributed by atoms with Crippen LogP contribution in [0, 0.1) is 21.4 Å². The van der Waals surface area contributed by atoms with E-state index in [9.17, 15) is 10.1 Å². The fourth-order valence-electron chi connectivity index (χ4n) is 0.779. The van der Waals surface area contributed by atoms with Crippen molar-refractivity contribution in [3.63, 3.8) is 0 Å². The van der Waals surface area contributed by atoms with E-state index in [1.54, 1.807) is 13.9 Å². The molecule has 0 atom stereocenters. The quantitative estimate of drug-likeness (QED) is 0.304. The van der Waals surface area contributed by atoms with Gasteiger partial charge in [0.05, 0.1) is 4.92 Å². The minimum absolute atomic E-state index is 0.148. The molecule has 0 aromatic carbocycles. The summed E-state index contributed by atoms with van der Waals surface area (Å²) in [6.07, 6.45) is 1.42. The fourth-order valence-corrected chi connectivity index (χ4v) is 0.779. The van der Waals surface area contributed by atoms with Crippen LogP contribution in [0.15, 0.2) is 12.3 Å². The van der Waals surface area contributed by atoms with Gasteiger partial charge >= 0.3 is 5.69 Å². The standard InChI is InChI=1S/C6H4BN3O2/c7-4-1-6(10(11)12)5(2-8)9-3-4/h1,3H,7H2. The summed E-state index contributed by atoms with van der Waals surface area (Å²) in [6.45, 7) is 0. The Labute approximate surface area is 69.2 Å². The van der Waals surface area contributed by atoms with E-state index in [1.807, 2.05) is 0 Å². The zero-order valence-electron chi connectivity index (χ0n) is 6.31. The highest BCUT2D eigenvalue weighted by Crippen LogP contribution is 2.11. The number of nitrogens with zero attached hydrogens (tertiary/aromatic N) is 3. The van der Waals surface area contributed by atoms with Crippen molar-refractivity contribution in [2.24, 2.45) is 0 Å². The Hall–Kier alpha value is -1.90. The van der Waals surface area contributed by atoms with Crippen molar-refractivity contribution in [2.45, 2.75) is 0 Å².